The maximum absolute atomic E-state index is 12.1. The molecule has 28 heavy (non-hydrogen) atoms. The summed E-state index contributed by atoms with van der Waals surface area (Å²) in [6.07, 6.45) is 1.73. The molecule has 1 heterocycles. The van der Waals surface area contributed by atoms with Crippen molar-refractivity contribution < 1.29 is 14.3 Å². The fourth-order valence-corrected chi connectivity index (χ4v) is 3.19. The van der Waals surface area contributed by atoms with Gasteiger partial charge in [0.05, 0.1) is 7.11 Å². The quantitative estimate of drug-likeness (QED) is 0.553. The van der Waals surface area contributed by atoms with E-state index in [1.165, 1.54) is 11.3 Å². The molecular formula is C20H20ClN3O3S. The molecule has 0 unspecified atom stereocenters. The lowest BCUT2D eigenvalue weighted by Crippen LogP contribution is -2.20. The van der Waals surface area contributed by atoms with Crippen LogP contribution in [-0.2, 0) is 11.3 Å². The van der Waals surface area contributed by atoms with E-state index in [9.17, 15) is 4.79 Å². The number of rotatable bonds is 8. The molecule has 0 aliphatic carbocycles. The highest BCUT2D eigenvalue weighted by molar-refractivity contribution is 7.13. The first-order valence-electron chi connectivity index (χ1n) is 8.54. The molecule has 0 fully saturated rings. The maximum Gasteiger partial charge on any atom is 0.262 e. The highest BCUT2D eigenvalue weighted by Crippen LogP contribution is 2.34. The number of halogens is 1. The molecule has 0 bridgehead atoms. The Labute approximate surface area is 172 Å². The van der Waals surface area contributed by atoms with Gasteiger partial charge < -0.3 is 20.1 Å². The van der Waals surface area contributed by atoms with E-state index in [2.05, 4.69) is 15.6 Å². The van der Waals surface area contributed by atoms with Gasteiger partial charge in [-0.15, -0.1) is 11.3 Å². The second-order valence-electron chi connectivity index (χ2n) is 5.99. The van der Waals surface area contributed by atoms with Gasteiger partial charge in [-0.1, -0.05) is 29.3 Å². The second kappa shape index (κ2) is 9.43. The predicted octanol–water partition coefficient (Wildman–Crippen LogP) is 4.74. The lowest BCUT2D eigenvalue weighted by Gasteiger charge is -2.14. The monoisotopic (exact) mass is 417 g/mol. The molecule has 2 N–H and O–H groups in total. The minimum absolute atomic E-state index is 0.155. The summed E-state index contributed by atoms with van der Waals surface area (Å²) >= 11 is 7.87. The van der Waals surface area contributed by atoms with Crippen LogP contribution in [0.25, 0.3) is 0 Å². The molecule has 0 radical (unpaired) electrons. The molecule has 0 aliphatic rings. The number of hydrogen-bond donors (Lipinski definition) is 2. The SMILES string of the molecule is COc1cc(CNc2nccs2)c(Cl)cc1OCC(=O)Nc1ccc(C)cc1. The Morgan fingerprint density at radius 1 is 1.21 bits per heavy atom. The van der Waals surface area contributed by atoms with Gasteiger partial charge in [-0.25, -0.2) is 4.98 Å². The van der Waals surface area contributed by atoms with Crippen LogP contribution < -0.4 is 20.1 Å². The minimum Gasteiger partial charge on any atom is -0.493 e. The average molecular weight is 418 g/mol. The zero-order valence-corrected chi connectivity index (χ0v) is 17.1. The Bertz CT molecular complexity index is 931. The third-order valence-electron chi connectivity index (χ3n) is 3.89. The van der Waals surface area contributed by atoms with Crippen LogP contribution in [0, 0.1) is 6.92 Å². The molecule has 0 saturated heterocycles. The molecule has 0 saturated carbocycles. The molecule has 146 valence electrons. The Balaban J connectivity index is 1.61. The molecule has 0 spiro atoms. The molecule has 0 aliphatic heterocycles. The number of methoxy groups -OCH3 is 1. The maximum atomic E-state index is 12.1. The summed E-state index contributed by atoms with van der Waals surface area (Å²) < 4.78 is 11.0. The number of amides is 1. The van der Waals surface area contributed by atoms with Gasteiger partial charge in [-0.3, -0.25) is 4.79 Å². The topological polar surface area (TPSA) is 72.5 Å². The van der Waals surface area contributed by atoms with E-state index in [4.69, 9.17) is 21.1 Å². The number of hydrogen-bond acceptors (Lipinski definition) is 6. The van der Waals surface area contributed by atoms with Crippen LogP contribution in [0.1, 0.15) is 11.1 Å². The molecule has 6 nitrogen and oxygen atoms in total. The minimum atomic E-state index is -0.267. The molecule has 2 aromatic carbocycles. The molecule has 3 rings (SSSR count). The Morgan fingerprint density at radius 2 is 2.00 bits per heavy atom. The number of aromatic nitrogens is 1. The molecule has 0 atom stereocenters. The van der Waals surface area contributed by atoms with Gasteiger partial charge in [-0.05, 0) is 30.7 Å². The van der Waals surface area contributed by atoms with Crippen molar-refractivity contribution in [2.24, 2.45) is 0 Å². The van der Waals surface area contributed by atoms with Crippen LogP contribution in [0.5, 0.6) is 11.5 Å². The fourth-order valence-electron chi connectivity index (χ4n) is 2.44. The average Bonchev–Trinajstić information content (AvgIpc) is 3.21. The normalized spacial score (nSPS) is 10.4. The summed E-state index contributed by atoms with van der Waals surface area (Å²) in [5.74, 6) is 0.643. The van der Waals surface area contributed by atoms with Crippen molar-refractivity contribution in [3.05, 3.63) is 64.1 Å². The first kappa shape index (κ1) is 20.0. The molecule has 3 aromatic rings. The largest absolute Gasteiger partial charge is 0.493 e. The highest BCUT2D eigenvalue weighted by Gasteiger charge is 2.13. The Kier molecular flexibility index (Phi) is 6.73. The van der Waals surface area contributed by atoms with Crippen LogP contribution >= 0.6 is 22.9 Å². The van der Waals surface area contributed by atoms with Crippen molar-refractivity contribution in [2.75, 3.05) is 24.4 Å². The van der Waals surface area contributed by atoms with Crippen molar-refractivity contribution in [2.45, 2.75) is 13.5 Å². The highest BCUT2D eigenvalue weighted by atomic mass is 35.5. The summed E-state index contributed by atoms with van der Waals surface area (Å²) in [6, 6.07) is 11.0. The van der Waals surface area contributed by atoms with E-state index in [1.807, 2.05) is 36.6 Å². The molecule has 1 aromatic heterocycles. The number of nitrogens with one attached hydrogen (secondary N) is 2. The Morgan fingerprint density at radius 3 is 2.68 bits per heavy atom. The van der Waals surface area contributed by atoms with Gasteiger partial charge in [0.15, 0.2) is 23.2 Å². The van der Waals surface area contributed by atoms with Crippen LogP contribution in [0.3, 0.4) is 0 Å². The third kappa shape index (κ3) is 5.37. The molecular weight excluding hydrogens is 398 g/mol. The van der Waals surface area contributed by atoms with Crippen molar-refractivity contribution in [3.8, 4) is 11.5 Å². The number of benzene rings is 2. The van der Waals surface area contributed by atoms with Gasteiger partial charge in [0.25, 0.3) is 5.91 Å². The third-order valence-corrected chi connectivity index (χ3v) is 4.97. The summed E-state index contributed by atoms with van der Waals surface area (Å²) in [4.78, 5) is 16.3. The van der Waals surface area contributed by atoms with E-state index < -0.39 is 0 Å². The zero-order chi connectivity index (χ0) is 19.9. The lowest BCUT2D eigenvalue weighted by molar-refractivity contribution is -0.118. The summed E-state index contributed by atoms with van der Waals surface area (Å²) in [5, 5.41) is 9.19. The van der Waals surface area contributed by atoms with Crippen LogP contribution in [0.4, 0.5) is 10.8 Å². The van der Waals surface area contributed by atoms with Gasteiger partial charge in [0.1, 0.15) is 0 Å². The number of anilines is 2. The van der Waals surface area contributed by atoms with Crippen molar-refractivity contribution in [3.63, 3.8) is 0 Å². The fraction of sp³-hybridized carbons (Fsp3) is 0.200. The van der Waals surface area contributed by atoms with Crippen molar-refractivity contribution in [1.29, 1.82) is 0 Å². The summed E-state index contributed by atoms with van der Waals surface area (Å²) in [6.45, 7) is 2.33. The number of carbonyl (C=O) groups is 1. The number of ether oxygens (including phenoxy) is 2. The zero-order valence-electron chi connectivity index (χ0n) is 15.5. The van der Waals surface area contributed by atoms with Crippen molar-refractivity contribution >= 4 is 39.7 Å². The number of carbonyl (C=O) groups excluding carboxylic acids is 1. The van der Waals surface area contributed by atoms with Gasteiger partial charge in [-0.2, -0.15) is 0 Å². The van der Waals surface area contributed by atoms with Crippen LogP contribution in [0.2, 0.25) is 5.02 Å². The van der Waals surface area contributed by atoms with Crippen molar-refractivity contribution in [1.82, 2.24) is 4.98 Å². The number of thiazole rings is 1. The number of aryl methyl sites for hydroxylation is 1. The second-order valence-corrected chi connectivity index (χ2v) is 7.29. The van der Waals surface area contributed by atoms with Gasteiger partial charge in [0.2, 0.25) is 0 Å². The number of nitrogens with zero attached hydrogens (tertiary/aromatic N) is 1. The Hall–Kier alpha value is -2.77. The van der Waals surface area contributed by atoms with E-state index in [1.54, 1.807) is 25.4 Å². The van der Waals surface area contributed by atoms with E-state index >= 15 is 0 Å². The first-order chi connectivity index (χ1) is 13.5. The summed E-state index contributed by atoms with van der Waals surface area (Å²) in [7, 11) is 1.54. The summed E-state index contributed by atoms with van der Waals surface area (Å²) in [5.41, 5.74) is 2.68. The standard InChI is InChI=1S/C20H20ClN3O3S/c1-13-3-5-15(6-4-13)24-19(25)12-27-18-10-16(21)14(9-17(18)26-2)11-23-20-22-7-8-28-20/h3-10H,11-12H2,1-2H3,(H,22,23)(H,24,25). The molecule has 1 amide bonds. The van der Waals surface area contributed by atoms with Gasteiger partial charge >= 0.3 is 0 Å². The van der Waals surface area contributed by atoms with E-state index in [-0.39, 0.29) is 12.5 Å². The van der Waals surface area contributed by atoms with E-state index in [0.29, 0.717) is 28.8 Å². The van der Waals surface area contributed by atoms with Crippen LogP contribution in [-0.4, -0.2) is 24.6 Å². The van der Waals surface area contributed by atoms with Crippen LogP contribution in [0.15, 0.2) is 48.0 Å². The lowest BCUT2D eigenvalue weighted by atomic mass is 10.2. The van der Waals surface area contributed by atoms with Gasteiger partial charge in [0, 0.05) is 34.9 Å². The smallest absolute Gasteiger partial charge is 0.262 e. The first-order valence-corrected chi connectivity index (χ1v) is 9.80. The predicted molar refractivity (Wildman–Crippen MR) is 113 cm³/mol. The van der Waals surface area contributed by atoms with E-state index in [0.717, 1.165) is 16.3 Å². The molecule has 8 heteroatoms.